The van der Waals surface area contributed by atoms with Gasteiger partial charge in [-0.3, -0.25) is 0 Å². The van der Waals surface area contributed by atoms with Crippen LogP contribution in [0.2, 0.25) is 0 Å². The number of allylic oxidation sites excluding steroid dienone is 2. The molecule has 0 nitrogen and oxygen atoms in total. The van der Waals surface area contributed by atoms with Crippen LogP contribution in [-0.2, 0) is 0 Å². The Hall–Kier alpha value is 0.567. The molecule has 52 valence electrons. The molecule has 0 N–H and O–H groups in total. The minimum atomic E-state index is -2.54. The van der Waals surface area contributed by atoms with Gasteiger partial charge >= 0.3 is 6.00 Å². The standard InChI is InChI=1S/C5H7Cl3Si/c1-5(2)3-4-9(6,7)8/h3-4H,1H2,2H3/b4-3+. The molecule has 0 aromatic rings. The molecule has 4 heteroatoms. The van der Waals surface area contributed by atoms with Crippen LogP contribution in [0, 0.1) is 0 Å². The summed E-state index contributed by atoms with van der Waals surface area (Å²) >= 11 is 16.6. The van der Waals surface area contributed by atoms with Crippen molar-refractivity contribution in [3.05, 3.63) is 23.9 Å². The Labute approximate surface area is 70.2 Å². The monoisotopic (exact) mass is 200 g/mol. The number of hydrogen-bond acceptors (Lipinski definition) is 0. The molecular formula is C5H7Cl3Si. The number of halogens is 3. The van der Waals surface area contributed by atoms with E-state index < -0.39 is 6.00 Å². The number of hydrogen-bond donors (Lipinski definition) is 0. The highest BCUT2D eigenvalue weighted by Crippen LogP contribution is 2.21. The lowest BCUT2D eigenvalue weighted by molar-refractivity contribution is 1.57. The van der Waals surface area contributed by atoms with Crippen molar-refractivity contribution in [1.82, 2.24) is 0 Å². The summed E-state index contributed by atoms with van der Waals surface area (Å²) in [6.45, 7) is 5.47. The van der Waals surface area contributed by atoms with Gasteiger partial charge in [-0.1, -0.05) is 23.9 Å². The van der Waals surface area contributed by atoms with Crippen molar-refractivity contribution in [1.29, 1.82) is 0 Å². The molecule has 0 aliphatic heterocycles. The Morgan fingerprint density at radius 2 is 1.89 bits per heavy atom. The highest BCUT2D eigenvalue weighted by Gasteiger charge is 2.19. The van der Waals surface area contributed by atoms with E-state index >= 15 is 0 Å². The molecule has 0 aliphatic rings. The summed E-state index contributed by atoms with van der Waals surface area (Å²) < 4.78 is 0. The van der Waals surface area contributed by atoms with Gasteiger partial charge in [0.1, 0.15) is 0 Å². The molecule has 0 aliphatic carbocycles. The molecule has 0 amide bonds. The first kappa shape index (κ1) is 9.57. The summed E-state index contributed by atoms with van der Waals surface area (Å²) in [7, 11) is 0. The van der Waals surface area contributed by atoms with Crippen LogP contribution in [0.5, 0.6) is 0 Å². The first-order valence-corrected chi connectivity index (χ1v) is 7.44. The summed E-state index contributed by atoms with van der Waals surface area (Å²) in [4.78, 5) is 0. The average Bonchev–Trinajstić information content (AvgIpc) is 1.59. The van der Waals surface area contributed by atoms with Crippen molar-refractivity contribution in [2.75, 3.05) is 0 Å². The van der Waals surface area contributed by atoms with Crippen molar-refractivity contribution >= 4 is 39.2 Å². The van der Waals surface area contributed by atoms with Gasteiger partial charge in [0.2, 0.25) is 0 Å². The van der Waals surface area contributed by atoms with E-state index in [1.54, 1.807) is 11.8 Å². The third-order valence-corrected chi connectivity index (χ3v) is 2.24. The molecule has 0 unspecified atom stereocenters. The largest absolute Gasteiger partial charge is 0.365 e. The zero-order valence-electron chi connectivity index (χ0n) is 5.00. The van der Waals surface area contributed by atoms with Crippen LogP contribution < -0.4 is 0 Å². The maximum Gasteiger partial charge on any atom is 0.365 e. The van der Waals surface area contributed by atoms with Gasteiger partial charge in [0.05, 0.1) is 0 Å². The maximum absolute atomic E-state index is 5.52. The van der Waals surface area contributed by atoms with Crippen LogP contribution in [0.1, 0.15) is 6.92 Å². The smallest absolute Gasteiger partial charge is 0.121 e. The highest BCUT2D eigenvalue weighted by atomic mass is 35.8. The summed E-state index contributed by atoms with van der Waals surface area (Å²) in [5.74, 6) is 0. The van der Waals surface area contributed by atoms with E-state index in [0.29, 0.717) is 0 Å². The van der Waals surface area contributed by atoms with Gasteiger partial charge in [-0.15, -0.1) is 33.2 Å². The normalized spacial score (nSPS) is 12.4. The molecule has 0 bridgehead atoms. The molecule has 9 heavy (non-hydrogen) atoms. The van der Waals surface area contributed by atoms with Crippen molar-refractivity contribution in [2.24, 2.45) is 0 Å². The van der Waals surface area contributed by atoms with Crippen LogP contribution in [0.15, 0.2) is 23.9 Å². The average molecular weight is 202 g/mol. The predicted octanol–water partition coefficient (Wildman–Crippen LogP) is 3.31. The minimum Gasteiger partial charge on any atom is -0.121 e. The van der Waals surface area contributed by atoms with E-state index in [4.69, 9.17) is 33.2 Å². The SMILES string of the molecule is C=C(C)/C=C/[Si](Cl)(Cl)Cl. The molecule has 0 atom stereocenters. The topological polar surface area (TPSA) is 0 Å². The molecule has 0 aromatic heterocycles. The van der Waals surface area contributed by atoms with Crippen LogP contribution in [0.4, 0.5) is 0 Å². The lowest BCUT2D eigenvalue weighted by Gasteiger charge is -1.96. The minimum absolute atomic E-state index is 0.897. The quantitative estimate of drug-likeness (QED) is 0.365. The van der Waals surface area contributed by atoms with Crippen LogP contribution in [0.3, 0.4) is 0 Å². The summed E-state index contributed by atoms with van der Waals surface area (Å²) in [5, 5.41) is 0. The fourth-order valence-electron chi connectivity index (χ4n) is 0.237. The Bertz CT molecular complexity index is 134. The van der Waals surface area contributed by atoms with Crippen molar-refractivity contribution < 1.29 is 0 Å². The van der Waals surface area contributed by atoms with Gasteiger partial charge in [-0.25, -0.2) is 0 Å². The van der Waals surface area contributed by atoms with Crippen LogP contribution in [0.25, 0.3) is 0 Å². The molecule has 0 saturated carbocycles. The highest BCUT2D eigenvalue weighted by molar-refractivity contribution is 7.66. The van der Waals surface area contributed by atoms with E-state index in [1.807, 2.05) is 6.92 Å². The Morgan fingerprint density at radius 1 is 1.44 bits per heavy atom. The van der Waals surface area contributed by atoms with Gasteiger partial charge in [-0.05, 0) is 6.92 Å². The fraction of sp³-hybridized carbons (Fsp3) is 0.200. The Balaban J connectivity index is 3.86. The second-order valence-corrected chi connectivity index (χ2v) is 10.2. The van der Waals surface area contributed by atoms with Crippen LogP contribution in [-0.4, -0.2) is 6.00 Å². The van der Waals surface area contributed by atoms with E-state index in [0.717, 1.165) is 5.57 Å². The van der Waals surface area contributed by atoms with Crippen molar-refractivity contribution in [3.8, 4) is 0 Å². The van der Waals surface area contributed by atoms with E-state index in [1.165, 1.54) is 0 Å². The van der Waals surface area contributed by atoms with Gasteiger partial charge in [0.15, 0.2) is 0 Å². The first-order chi connectivity index (χ1) is 3.92. The van der Waals surface area contributed by atoms with Gasteiger partial charge in [0.25, 0.3) is 0 Å². The van der Waals surface area contributed by atoms with Crippen LogP contribution >= 0.6 is 33.2 Å². The molecule has 0 spiro atoms. The second-order valence-electron chi connectivity index (χ2n) is 1.72. The van der Waals surface area contributed by atoms with E-state index in [2.05, 4.69) is 6.58 Å². The van der Waals surface area contributed by atoms with Gasteiger partial charge in [0, 0.05) is 0 Å². The first-order valence-electron chi connectivity index (χ1n) is 2.33. The molecule has 0 fully saturated rings. The molecule has 0 heterocycles. The maximum atomic E-state index is 5.52. The van der Waals surface area contributed by atoms with Gasteiger partial charge < -0.3 is 0 Å². The summed E-state index contributed by atoms with van der Waals surface area (Å²) in [6, 6.07) is -2.54. The summed E-state index contributed by atoms with van der Waals surface area (Å²) in [5.41, 5.74) is 2.49. The van der Waals surface area contributed by atoms with E-state index in [-0.39, 0.29) is 0 Å². The third-order valence-electron chi connectivity index (χ3n) is 0.557. The predicted molar refractivity (Wildman–Crippen MR) is 47.3 cm³/mol. The van der Waals surface area contributed by atoms with Crippen molar-refractivity contribution in [2.45, 2.75) is 6.92 Å². The zero-order valence-corrected chi connectivity index (χ0v) is 8.26. The molecule has 0 aromatic carbocycles. The number of rotatable bonds is 2. The Kier molecular flexibility index (Phi) is 3.90. The van der Waals surface area contributed by atoms with Gasteiger partial charge in [-0.2, -0.15) is 0 Å². The van der Waals surface area contributed by atoms with Crippen molar-refractivity contribution in [3.63, 3.8) is 0 Å². The second kappa shape index (κ2) is 3.67. The molecule has 0 rings (SSSR count). The Morgan fingerprint density at radius 3 is 2.00 bits per heavy atom. The third kappa shape index (κ3) is 8.57. The fourth-order valence-corrected chi connectivity index (χ4v) is 1.28. The summed E-state index contributed by atoms with van der Waals surface area (Å²) in [6.07, 6.45) is 1.72. The lowest BCUT2D eigenvalue weighted by atomic mass is 10.4. The van der Waals surface area contributed by atoms with E-state index in [9.17, 15) is 0 Å². The zero-order chi connectivity index (χ0) is 7.49. The molecule has 0 radical (unpaired) electrons. The molecular weight excluding hydrogens is 194 g/mol. The lowest BCUT2D eigenvalue weighted by Crippen LogP contribution is -2.02. The molecule has 0 saturated heterocycles.